The van der Waals surface area contributed by atoms with Crippen molar-refractivity contribution in [1.82, 2.24) is 20.3 Å². The fourth-order valence-corrected chi connectivity index (χ4v) is 8.75. The first-order valence-electron chi connectivity index (χ1n) is 12.2. The van der Waals surface area contributed by atoms with E-state index in [1.165, 1.54) is 12.3 Å². The van der Waals surface area contributed by atoms with Crippen LogP contribution in [0.1, 0.15) is 34.3 Å². The molecule has 1 fully saturated rings. The number of amides is 1. The van der Waals surface area contributed by atoms with E-state index in [0.29, 0.717) is 40.6 Å². The Morgan fingerprint density at radius 1 is 1.20 bits per heavy atom. The Labute approximate surface area is 233 Å². The van der Waals surface area contributed by atoms with Crippen LogP contribution in [0.4, 0.5) is 30.6 Å². The Kier molecular flexibility index (Phi) is 9.32. The van der Waals surface area contributed by atoms with Gasteiger partial charge in [-0.2, -0.15) is 0 Å². The van der Waals surface area contributed by atoms with E-state index in [9.17, 15) is 26.4 Å². The molecule has 1 unspecified atom stereocenters. The molecule has 3 heterocycles. The quantitative estimate of drug-likeness (QED) is 0.286. The molecule has 2 aromatic heterocycles. The molecule has 0 saturated carbocycles. The van der Waals surface area contributed by atoms with Crippen molar-refractivity contribution in [3.63, 3.8) is 0 Å². The van der Waals surface area contributed by atoms with Crippen LogP contribution >= 0.6 is 0 Å². The van der Waals surface area contributed by atoms with Crippen molar-refractivity contribution in [2.75, 3.05) is 30.0 Å². The van der Waals surface area contributed by atoms with E-state index < -0.39 is 39.2 Å². The van der Waals surface area contributed by atoms with Crippen LogP contribution in [0.5, 0.6) is 0 Å². The van der Waals surface area contributed by atoms with E-state index >= 15 is 0 Å². The molecular weight excluding hydrogens is 612 g/mol. The molecule has 0 bridgehead atoms. The first-order valence-corrected chi connectivity index (χ1v) is 19.2. The second-order valence-electron chi connectivity index (χ2n) is 9.07. The van der Waals surface area contributed by atoms with E-state index in [1.54, 1.807) is 36.0 Å². The maximum absolute atomic E-state index is 13.7. The monoisotopic (exact) mass is 640 g/mol. The average Bonchev–Trinajstić information content (AvgIpc) is 3.43. The van der Waals surface area contributed by atoms with Gasteiger partial charge in [-0.3, -0.25) is 4.79 Å². The number of ether oxygens (including phenoxy) is 1. The van der Waals surface area contributed by atoms with Gasteiger partial charge in [0.25, 0.3) is 0 Å². The number of carbonyl (C=O) groups excluding carboxylic acids is 1. The number of rotatable bonds is 10. The minimum absolute atomic E-state index is 0.0171. The molecule has 3 aromatic rings. The molecule has 15 heteroatoms. The van der Waals surface area contributed by atoms with E-state index in [-0.39, 0.29) is 24.5 Å². The van der Waals surface area contributed by atoms with Gasteiger partial charge >= 0.3 is 187 Å². The van der Waals surface area contributed by atoms with Crippen LogP contribution in [0, 0.1) is 0 Å². The van der Waals surface area contributed by atoms with E-state index in [1.807, 2.05) is 0 Å². The molecule has 4 rings (SSSR count). The molecule has 1 aliphatic rings. The molecule has 0 aliphatic carbocycles. The van der Waals surface area contributed by atoms with Crippen LogP contribution in [-0.2, 0) is 25.6 Å². The molecule has 10 nitrogen and oxygen atoms in total. The number of hydrogen-bond acceptors (Lipinski definition) is 9. The third-order valence-electron chi connectivity index (χ3n) is 6.10. The molecule has 1 saturated heterocycles. The van der Waals surface area contributed by atoms with Gasteiger partial charge in [-0.05, 0) is 12.8 Å². The summed E-state index contributed by atoms with van der Waals surface area (Å²) in [7, 11) is -3.35. The predicted molar refractivity (Wildman–Crippen MR) is 146 cm³/mol. The van der Waals surface area contributed by atoms with Crippen molar-refractivity contribution in [2.45, 2.75) is 37.4 Å². The molecule has 1 amide bonds. The molecule has 214 valence electrons. The molecular formula is C25H28AsF3N6O4S. The van der Waals surface area contributed by atoms with Gasteiger partial charge < -0.3 is 10.1 Å². The van der Waals surface area contributed by atoms with Gasteiger partial charge in [-0.1, -0.05) is 0 Å². The Morgan fingerprint density at radius 2 is 2.00 bits per heavy atom. The van der Waals surface area contributed by atoms with Crippen LogP contribution in [-0.4, -0.2) is 68.3 Å². The Morgan fingerprint density at radius 3 is 2.70 bits per heavy atom. The average molecular weight is 641 g/mol. The standard InChI is InChI=1S/C25H28AsF3N6O4S/c1-26(40(2,37)38)21-17(7-4-10-30-21)13-31-22-20(25(27,28)29)15-33-24(35-22)34-18-8-3-6-16(12-18)23(36)32-14-19-9-5-11-39-19/h3-4,6-8,10,12,15,19H,5,9,11,13-14H2,1-2H3,(H,32,36)(H2,31,33,34,35)/t19-,26?/m1/s1. The molecule has 40 heavy (non-hydrogen) atoms. The molecule has 2 atom stereocenters. The van der Waals surface area contributed by atoms with E-state index in [2.05, 4.69) is 30.9 Å². The number of pyridine rings is 1. The van der Waals surface area contributed by atoms with E-state index in [4.69, 9.17) is 4.74 Å². The molecule has 3 N–H and O–H groups in total. The Bertz CT molecular complexity index is 1470. The van der Waals surface area contributed by atoms with Crippen molar-refractivity contribution in [2.24, 2.45) is 0 Å². The summed E-state index contributed by atoms with van der Waals surface area (Å²) < 4.78 is 71.4. The summed E-state index contributed by atoms with van der Waals surface area (Å²) >= 11 is -2.61. The summed E-state index contributed by atoms with van der Waals surface area (Å²) in [4.78, 5) is 24.6. The zero-order valence-electron chi connectivity index (χ0n) is 21.7. The zero-order chi connectivity index (χ0) is 28.9. The normalized spacial score (nSPS) is 16.4. The second-order valence-corrected chi connectivity index (χ2v) is 20.5. The van der Waals surface area contributed by atoms with E-state index in [0.717, 1.165) is 19.1 Å². The number of benzene rings is 1. The number of aromatic nitrogens is 3. The third-order valence-corrected chi connectivity index (χ3v) is 16.4. The summed E-state index contributed by atoms with van der Waals surface area (Å²) in [6.07, 6.45) is 0.324. The number of carbonyl (C=O) groups is 1. The summed E-state index contributed by atoms with van der Waals surface area (Å²) in [5, 5.41) is 8.35. The summed E-state index contributed by atoms with van der Waals surface area (Å²) in [6, 6.07) is 9.62. The van der Waals surface area contributed by atoms with Crippen molar-refractivity contribution in [3.05, 3.63) is 65.5 Å². The van der Waals surface area contributed by atoms with Gasteiger partial charge in [0.15, 0.2) is 0 Å². The molecule has 0 spiro atoms. The van der Waals surface area contributed by atoms with Crippen molar-refractivity contribution < 1.29 is 31.1 Å². The number of anilines is 3. The number of nitrogens with one attached hydrogen (secondary N) is 3. The number of alkyl halides is 3. The molecule has 0 radical (unpaired) electrons. The molecule has 1 aromatic carbocycles. The maximum atomic E-state index is 13.7. The topological polar surface area (TPSA) is 135 Å². The van der Waals surface area contributed by atoms with Crippen LogP contribution < -0.4 is 20.4 Å². The minimum atomic E-state index is -4.74. The van der Waals surface area contributed by atoms with Gasteiger partial charge in [-0.25, -0.2) is 0 Å². The number of hydrogen-bond donors (Lipinski definition) is 3. The summed E-state index contributed by atoms with van der Waals surface area (Å²) in [5.41, 5.74) is 1.75. The van der Waals surface area contributed by atoms with Gasteiger partial charge in [0.1, 0.15) is 0 Å². The number of halogens is 3. The van der Waals surface area contributed by atoms with Crippen LogP contribution in [0.15, 0.2) is 48.8 Å². The van der Waals surface area contributed by atoms with Crippen LogP contribution in [0.2, 0.25) is 5.71 Å². The predicted octanol–water partition coefficient (Wildman–Crippen LogP) is 3.03. The van der Waals surface area contributed by atoms with Crippen molar-refractivity contribution in [1.29, 1.82) is 0 Å². The first-order chi connectivity index (χ1) is 18.9. The Balaban J connectivity index is 1.52. The van der Waals surface area contributed by atoms with Crippen molar-refractivity contribution in [3.8, 4) is 0 Å². The number of nitrogens with zero attached hydrogens (tertiary/aromatic N) is 3. The summed E-state index contributed by atoms with van der Waals surface area (Å²) in [5.74, 6) is -0.924. The van der Waals surface area contributed by atoms with Gasteiger partial charge in [-0.15, -0.1) is 0 Å². The molecule has 1 aliphatic heterocycles. The summed E-state index contributed by atoms with van der Waals surface area (Å²) in [6.45, 7) is 0.935. The second kappa shape index (κ2) is 12.5. The van der Waals surface area contributed by atoms with Gasteiger partial charge in [0, 0.05) is 13.2 Å². The first kappa shape index (κ1) is 29.8. The van der Waals surface area contributed by atoms with Crippen molar-refractivity contribution >= 4 is 49.4 Å². The fraction of sp³-hybridized carbons (Fsp3) is 0.360. The fourth-order valence-electron chi connectivity index (χ4n) is 3.95. The van der Waals surface area contributed by atoms with Crippen LogP contribution in [0.3, 0.4) is 0 Å². The SMILES string of the molecule is C[As](c1ncccc1CNc1nc(Nc2cccc(C(=O)NC[C@H]3CCCO3)c2)ncc1C(F)(F)F)S(C)(=O)=O. The third kappa shape index (κ3) is 7.70. The van der Waals surface area contributed by atoms with Gasteiger partial charge in [0.05, 0.1) is 6.10 Å². The Hall–Kier alpha value is -3.22. The zero-order valence-corrected chi connectivity index (χ0v) is 24.4. The van der Waals surface area contributed by atoms with Crippen LogP contribution in [0.25, 0.3) is 0 Å². The van der Waals surface area contributed by atoms with Gasteiger partial charge in [0.2, 0.25) is 0 Å².